The van der Waals surface area contributed by atoms with E-state index in [0.717, 1.165) is 11.1 Å². The molecule has 0 amide bonds. The summed E-state index contributed by atoms with van der Waals surface area (Å²) >= 11 is 6.12. The van der Waals surface area contributed by atoms with Crippen molar-refractivity contribution in [2.24, 2.45) is 0 Å². The molecule has 1 aliphatic carbocycles. The van der Waals surface area contributed by atoms with Gasteiger partial charge in [-0.3, -0.25) is 4.79 Å². The van der Waals surface area contributed by atoms with Crippen LogP contribution in [0, 0.1) is 0 Å². The first-order valence-electron chi connectivity index (χ1n) is 5.11. The van der Waals surface area contributed by atoms with Gasteiger partial charge in [0.2, 0.25) is 0 Å². The van der Waals surface area contributed by atoms with E-state index < -0.39 is 11.9 Å². The second-order valence-electron chi connectivity index (χ2n) is 4.12. The third-order valence-corrected chi connectivity index (χ3v) is 3.24. The van der Waals surface area contributed by atoms with Gasteiger partial charge in [-0.15, -0.1) is 0 Å². The predicted molar refractivity (Wildman–Crippen MR) is 59.5 cm³/mol. The van der Waals surface area contributed by atoms with Gasteiger partial charge < -0.3 is 5.11 Å². The number of halogens is 1. The standard InChI is InChI=1S/C12H13ClO2/c1-7(12(14)15)9-4-5-10(8-2-3-8)11(13)6-9/h4-8H,2-3H2,1H3,(H,14,15). The van der Waals surface area contributed by atoms with Gasteiger partial charge in [-0.2, -0.15) is 0 Å². The van der Waals surface area contributed by atoms with Crippen molar-refractivity contribution in [1.82, 2.24) is 0 Å². The molecular weight excluding hydrogens is 212 g/mol. The number of carbonyl (C=O) groups is 1. The zero-order chi connectivity index (χ0) is 11.0. The molecule has 0 saturated heterocycles. The molecular formula is C12H13ClO2. The lowest BCUT2D eigenvalue weighted by Gasteiger charge is -2.09. The number of rotatable bonds is 3. The van der Waals surface area contributed by atoms with E-state index in [9.17, 15) is 4.79 Å². The molecule has 1 aromatic carbocycles. The van der Waals surface area contributed by atoms with Gasteiger partial charge in [-0.25, -0.2) is 0 Å². The fourth-order valence-corrected chi connectivity index (χ4v) is 2.02. The molecule has 0 heterocycles. The van der Waals surface area contributed by atoms with Crippen molar-refractivity contribution in [1.29, 1.82) is 0 Å². The van der Waals surface area contributed by atoms with E-state index in [-0.39, 0.29) is 0 Å². The van der Waals surface area contributed by atoms with Gasteiger partial charge in [-0.05, 0) is 42.9 Å². The predicted octanol–water partition coefficient (Wildman–Crippen LogP) is 3.41. The summed E-state index contributed by atoms with van der Waals surface area (Å²) in [7, 11) is 0. The Labute approximate surface area is 93.9 Å². The molecule has 1 aromatic rings. The van der Waals surface area contributed by atoms with Crippen molar-refractivity contribution in [3.63, 3.8) is 0 Å². The van der Waals surface area contributed by atoms with Gasteiger partial charge in [0.25, 0.3) is 0 Å². The average molecular weight is 225 g/mol. The topological polar surface area (TPSA) is 37.3 Å². The van der Waals surface area contributed by atoms with Crippen LogP contribution in [-0.2, 0) is 4.79 Å². The van der Waals surface area contributed by atoms with Crippen molar-refractivity contribution in [3.8, 4) is 0 Å². The molecule has 1 atom stereocenters. The van der Waals surface area contributed by atoms with Crippen molar-refractivity contribution >= 4 is 17.6 Å². The summed E-state index contributed by atoms with van der Waals surface area (Å²) in [4.78, 5) is 10.8. The van der Waals surface area contributed by atoms with Crippen LogP contribution in [0.1, 0.15) is 42.7 Å². The number of carboxylic acids is 1. The summed E-state index contributed by atoms with van der Waals surface area (Å²) in [5.74, 6) is -0.701. The summed E-state index contributed by atoms with van der Waals surface area (Å²) in [5.41, 5.74) is 1.94. The first-order valence-corrected chi connectivity index (χ1v) is 5.49. The van der Waals surface area contributed by atoms with Gasteiger partial charge in [-0.1, -0.05) is 23.7 Å². The first-order chi connectivity index (χ1) is 7.09. The third-order valence-electron chi connectivity index (χ3n) is 2.91. The highest BCUT2D eigenvalue weighted by Crippen LogP contribution is 2.43. The van der Waals surface area contributed by atoms with Crippen LogP contribution in [0.2, 0.25) is 5.02 Å². The number of aliphatic carboxylic acids is 1. The van der Waals surface area contributed by atoms with Crippen molar-refractivity contribution in [3.05, 3.63) is 34.3 Å². The molecule has 1 saturated carbocycles. The monoisotopic (exact) mass is 224 g/mol. The largest absolute Gasteiger partial charge is 0.481 e. The SMILES string of the molecule is CC(C(=O)O)c1ccc(C2CC2)c(Cl)c1. The highest BCUT2D eigenvalue weighted by atomic mass is 35.5. The summed E-state index contributed by atoms with van der Waals surface area (Å²) in [6.07, 6.45) is 2.40. The lowest BCUT2D eigenvalue weighted by Crippen LogP contribution is -2.07. The van der Waals surface area contributed by atoms with E-state index in [2.05, 4.69) is 0 Å². The van der Waals surface area contributed by atoms with E-state index in [1.807, 2.05) is 12.1 Å². The van der Waals surface area contributed by atoms with Crippen LogP contribution >= 0.6 is 11.6 Å². The Morgan fingerprint density at radius 2 is 2.20 bits per heavy atom. The minimum Gasteiger partial charge on any atom is -0.481 e. The number of hydrogen-bond donors (Lipinski definition) is 1. The lowest BCUT2D eigenvalue weighted by atomic mass is 9.99. The minimum absolute atomic E-state index is 0.490. The lowest BCUT2D eigenvalue weighted by molar-refractivity contribution is -0.138. The van der Waals surface area contributed by atoms with Crippen LogP contribution in [0.3, 0.4) is 0 Å². The maximum absolute atomic E-state index is 10.8. The van der Waals surface area contributed by atoms with Crippen LogP contribution in [-0.4, -0.2) is 11.1 Å². The van der Waals surface area contributed by atoms with Crippen molar-refractivity contribution in [2.75, 3.05) is 0 Å². The maximum Gasteiger partial charge on any atom is 0.310 e. The molecule has 15 heavy (non-hydrogen) atoms. The van der Waals surface area contributed by atoms with E-state index >= 15 is 0 Å². The Balaban J connectivity index is 2.28. The Bertz CT molecular complexity index is 397. The Hall–Kier alpha value is -1.02. The smallest absolute Gasteiger partial charge is 0.310 e. The van der Waals surface area contributed by atoms with Gasteiger partial charge >= 0.3 is 5.97 Å². The van der Waals surface area contributed by atoms with Crippen molar-refractivity contribution in [2.45, 2.75) is 31.6 Å². The number of carboxylic acid groups (broad SMARTS) is 1. The zero-order valence-corrected chi connectivity index (χ0v) is 9.29. The summed E-state index contributed by atoms with van der Waals surface area (Å²) in [6, 6.07) is 5.63. The summed E-state index contributed by atoms with van der Waals surface area (Å²) in [5, 5.41) is 9.59. The molecule has 1 fully saturated rings. The Morgan fingerprint density at radius 3 is 2.67 bits per heavy atom. The number of benzene rings is 1. The van der Waals surface area contributed by atoms with Crippen LogP contribution < -0.4 is 0 Å². The first kappa shape index (κ1) is 10.5. The van der Waals surface area contributed by atoms with Crippen LogP contribution in [0.15, 0.2) is 18.2 Å². The molecule has 0 aliphatic heterocycles. The molecule has 1 unspecified atom stereocenters. The highest BCUT2D eigenvalue weighted by Gasteiger charge is 2.26. The summed E-state index contributed by atoms with van der Waals surface area (Å²) in [6.45, 7) is 1.67. The van der Waals surface area contributed by atoms with Crippen LogP contribution in [0.5, 0.6) is 0 Å². The van der Waals surface area contributed by atoms with E-state index in [1.165, 1.54) is 12.8 Å². The number of hydrogen-bond acceptors (Lipinski definition) is 1. The molecule has 80 valence electrons. The molecule has 0 spiro atoms. The van der Waals surface area contributed by atoms with E-state index in [0.29, 0.717) is 10.9 Å². The summed E-state index contributed by atoms with van der Waals surface area (Å²) < 4.78 is 0. The molecule has 1 aliphatic rings. The molecule has 0 radical (unpaired) electrons. The molecule has 2 nitrogen and oxygen atoms in total. The molecule has 3 heteroatoms. The average Bonchev–Trinajstić information content (AvgIpc) is 3.00. The quantitative estimate of drug-likeness (QED) is 0.855. The van der Waals surface area contributed by atoms with Crippen molar-refractivity contribution < 1.29 is 9.90 Å². The van der Waals surface area contributed by atoms with Gasteiger partial charge in [0.15, 0.2) is 0 Å². The van der Waals surface area contributed by atoms with Gasteiger partial charge in [0.1, 0.15) is 0 Å². The fraction of sp³-hybridized carbons (Fsp3) is 0.417. The van der Waals surface area contributed by atoms with Crippen LogP contribution in [0.4, 0.5) is 0 Å². The zero-order valence-electron chi connectivity index (χ0n) is 8.53. The highest BCUT2D eigenvalue weighted by molar-refractivity contribution is 6.31. The maximum atomic E-state index is 10.8. The minimum atomic E-state index is -0.815. The third kappa shape index (κ3) is 2.15. The Morgan fingerprint density at radius 1 is 1.53 bits per heavy atom. The molecule has 0 bridgehead atoms. The van der Waals surface area contributed by atoms with Gasteiger partial charge in [0, 0.05) is 5.02 Å². The molecule has 2 rings (SSSR count). The van der Waals surface area contributed by atoms with E-state index in [4.69, 9.17) is 16.7 Å². The van der Waals surface area contributed by atoms with E-state index in [1.54, 1.807) is 13.0 Å². The fourth-order valence-electron chi connectivity index (χ4n) is 1.68. The van der Waals surface area contributed by atoms with Gasteiger partial charge in [0.05, 0.1) is 5.92 Å². The molecule has 0 aromatic heterocycles. The normalized spacial score (nSPS) is 17.5. The molecule has 1 N–H and O–H groups in total. The Kier molecular flexibility index (Phi) is 2.70. The second kappa shape index (κ2) is 3.86. The van der Waals surface area contributed by atoms with Crippen LogP contribution in [0.25, 0.3) is 0 Å². The second-order valence-corrected chi connectivity index (χ2v) is 4.52.